The highest BCUT2D eigenvalue weighted by molar-refractivity contribution is 6.03. The second-order valence-corrected chi connectivity index (χ2v) is 19.6. The lowest BCUT2D eigenvalue weighted by atomic mass is 9.55. The smallest absolute Gasteiger partial charge is 0.410 e. The first-order valence-electron chi connectivity index (χ1n) is 26.8. The Kier molecular flexibility index (Phi) is 20.8. The molecule has 1 heterocycles. The van der Waals surface area contributed by atoms with Gasteiger partial charge in [-0.2, -0.15) is 0 Å². The van der Waals surface area contributed by atoms with Gasteiger partial charge in [-0.15, -0.1) is 6.58 Å². The largest absolute Gasteiger partial charge is 0.489 e. The van der Waals surface area contributed by atoms with E-state index in [-0.39, 0.29) is 69.6 Å². The van der Waals surface area contributed by atoms with Gasteiger partial charge in [0.2, 0.25) is 5.79 Å². The zero-order chi connectivity index (χ0) is 49.8. The maximum absolute atomic E-state index is 15.2. The first-order valence-corrected chi connectivity index (χ1v) is 26.8. The number of hydrogen-bond acceptors (Lipinski definition) is 9. The molecular weight excluding hydrogens is 896 g/mol. The number of aliphatic hydroxyl groups excluding tert-OH is 2. The number of allylic oxidation sites excluding steroid dienone is 1. The number of aliphatic hydroxyl groups is 2. The molecule has 71 heavy (non-hydrogen) atoms. The number of carbonyl (C=O) groups is 1. The summed E-state index contributed by atoms with van der Waals surface area (Å²) in [5.41, 5.74) is 4.00. The first-order chi connectivity index (χ1) is 34.9. The van der Waals surface area contributed by atoms with Gasteiger partial charge in [0.15, 0.2) is 0 Å². The molecular formula is C60H79FN2O8. The van der Waals surface area contributed by atoms with Crippen molar-refractivity contribution in [2.75, 3.05) is 33.0 Å². The molecule has 1 amide bonds. The van der Waals surface area contributed by atoms with Gasteiger partial charge in [-0.25, -0.2) is 9.18 Å². The number of benzene rings is 4. The minimum absolute atomic E-state index is 0.0204. The van der Waals surface area contributed by atoms with Gasteiger partial charge < -0.3 is 34.0 Å². The molecule has 4 aromatic carbocycles. The van der Waals surface area contributed by atoms with Gasteiger partial charge in [0.25, 0.3) is 0 Å². The van der Waals surface area contributed by atoms with Gasteiger partial charge in [0.05, 0.1) is 31.4 Å². The molecule has 10 nitrogen and oxygen atoms in total. The summed E-state index contributed by atoms with van der Waals surface area (Å²) < 4.78 is 42.3. The predicted octanol–water partition coefficient (Wildman–Crippen LogP) is 13.8. The molecule has 3 aliphatic rings. The maximum atomic E-state index is 15.2. The van der Waals surface area contributed by atoms with Crippen LogP contribution in [0.2, 0.25) is 0 Å². The number of carbonyl (C=O) groups excluding carboxylic acids is 1. The molecule has 6 atom stereocenters. The average molecular weight is 975 g/mol. The highest BCUT2D eigenvalue weighted by Gasteiger charge is 2.65. The summed E-state index contributed by atoms with van der Waals surface area (Å²) in [6.07, 6.45) is 20.1. The molecule has 4 aromatic rings. The quantitative estimate of drug-likeness (QED) is 0.0301. The minimum atomic E-state index is -1.47. The third-order valence-corrected chi connectivity index (χ3v) is 14.9. The van der Waals surface area contributed by atoms with Crippen LogP contribution in [0.15, 0.2) is 114 Å². The average Bonchev–Trinajstić information content (AvgIpc) is 3.39. The zero-order valence-electron chi connectivity index (χ0n) is 42.4. The molecule has 11 heteroatoms. The predicted molar refractivity (Wildman–Crippen MR) is 280 cm³/mol. The van der Waals surface area contributed by atoms with E-state index in [1.165, 1.54) is 51.0 Å². The number of hydrogen-bond donors (Lipinski definition) is 2. The van der Waals surface area contributed by atoms with E-state index in [1.54, 1.807) is 24.3 Å². The van der Waals surface area contributed by atoms with Crippen molar-refractivity contribution in [3.8, 4) is 11.5 Å². The van der Waals surface area contributed by atoms with Crippen LogP contribution in [-0.4, -0.2) is 71.8 Å². The minimum Gasteiger partial charge on any atom is -0.489 e. The highest BCUT2D eigenvalue weighted by Crippen LogP contribution is 2.62. The van der Waals surface area contributed by atoms with E-state index in [0.29, 0.717) is 36.5 Å². The molecule has 1 aliphatic heterocycles. The number of halogens is 1. The third-order valence-electron chi connectivity index (χ3n) is 14.9. The van der Waals surface area contributed by atoms with Crippen LogP contribution in [0.5, 0.6) is 11.5 Å². The van der Waals surface area contributed by atoms with Crippen molar-refractivity contribution in [1.82, 2.24) is 4.90 Å². The molecule has 0 radical (unpaired) electrons. The van der Waals surface area contributed by atoms with E-state index >= 15 is 4.79 Å². The summed E-state index contributed by atoms with van der Waals surface area (Å²) >= 11 is 0. The summed E-state index contributed by atoms with van der Waals surface area (Å²) in [7, 11) is 0. The number of ether oxygens (including phenoxy) is 4. The van der Waals surface area contributed by atoms with Crippen molar-refractivity contribution < 1.29 is 43.2 Å². The fraction of sp³-hybridized carbons (Fsp3) is 0.533. The molecule has 7 rings (SSSR count). The van der Waals surface area contributed by atoms with Crippen LogP contribution in [0, 0.1) is 23.6 Å². The fourth-order valence-electron chi connectivity index (χ4n) is 11.4. The third kappa shape index (κ3) is 13.4. The Morgan fingerprint density at radius 2 is 1.55 bits per heavy atom. The van der Waals surface area contributed by atoms with Gasteiger partial charge >= 0.3 is 6.09 Å². The van der Waals surface area contributed by atoms with Crippen molar-refractivity contribution in [2.24, 2.45) is 22.9 Å². The Morgan fingerprint density at radius 3 is 2.30 bits per heavy atom. The Labute approximate surface area is 422 Å². The van der Waals surface area contributed by atoms with Crippen molar-refractivity contribution in [3.05, 3.63) is 132 Å². The van der Waals surface area contributed by atoms with E-state index in [1.807, 2.05) is 48.2 Å². The molecule has 2 aliphatic carbocycles. The monoisotopic (exact) mass is 975 g/mol. The lowest BCUT2D eigenvalue weighted by molar-refractivity contribution is -0.256. The van der Waals surface area contributed by atoms with Gasteiger partial charge in [0.1, 0.15) is 36.6 Å². The van der Waals surface area contributed by atoms with E-state index < -0.39 is 23.8 Å². The van der Waals surface area contributed by atoms with Crippen LogP contribution in [0.25, 0.3) is 10.8 Å². The summed E-state index contributed by atoms with van der Waals surface area (Å²) in [5, 5.41) is 27.1. The van der Waals surface area contributed by atoms with Crippen LogP contribution in [0.4, 0.5) is 9.18 Å². The summed E-state index contributed by atoms with van der Waals surface area (Å²) in [6.45, 7) is 9.46. The summed E-state index contributed by atoms with van der Waals surface area (Å²) in [5.74, 6) is -1.31. The summed E-state index contributed by atoms with van der Waals surface area (Å²) in [4.78, 5) is 23.0. The van der Waals surface area contributed by atoms with Gasteiger partial charge in [0, 0.05) is 36.7 Å². The molecule has 1 fully saturated rings. The normalized spacial score (nSPS) is 21.7. The number of rotatable bonds is 30. The molecule has 0 spiro atoms. The Hall–Kier alpha value is -5.23. The van der Waals surface area contributed by atoms with Crippen LogP contribution >= 0.6 is 0 Å². The van der Waals surface area contributed by atoms with Crippen LogP contribution in [0.1, 0.15) is 146 Å². The topological polar surface area (TPSA) is 119 Å². The van der Waals surface area contributed by atoms with Crippen LogP contribution in [-0.2, 0) is 27.5 Å². The van der Waals surface area contributed by atoms with Crippen molar-refractivity contribution in [1.29, 1.82) is 0 Å². The lowest BCUT2D eigenvalue weighted by Crippen LogP contribution is -2.70. The molecule has 0 aromatic heterocycles. The molecule has 0 saturated heterocycles. The van der Waals surface area contributed by atoms with E-state index in [0.717, 1.165) is 78.1 Å². The first kappa shape index (κ1) is 53.6. The van der Waals surface area contributed by atoms with Crippen molar-refractivity contribution >= 4 is 22.6 Å². The van der Waals surface area contributed by atoms with Crippen molar-refractivity contribution in [2.45, 2.75) is 154 Å². The van der Waals surface area contributed by atoms with E-state index in [4.69, 9.17) is 28.9 Å². The molecule has 0 unspecified atom stereocenters. The van der Waals surface area contributed by atoms with Crippen LogP contribution in [0.3, 0.4) is 0 Å². The second kappa shape index (κ2) is 27.6. The van der Waals surface area contributed by atoms with E-state index in [2.05, 4.69) is 43.8 Å². The standard InChI is InChI=1S/C60H79FN2O8/c1-4-7-8-9-10-11-12-13-14-23-38-67-59(66)63(42-46-29-24-28-44-25-15-17-30-49(44)46)56-41-54(62-70-6-3)51-39-45(26-19-21-35-64)50(31-20-22-36-65)57-52-40-48(68-43-47-27-16-18-32-53(47)61)33-34-55(52)71-60(56,58(51)57)69-37-5-2/h5,15-18,24-25,27-30,32-34,39-40,45,50,56-58,64-65H,2,4,6-14,19-23,26,31,35-38,41-43H2,1,3H3/t45-,50+,56-,57+,58+,60+/m0/s1. The Balaban J connectivity index is 1.33. The SMILES string of the molecule is C=CCO[C@@]12Oc3ccc(OCc4ccccc4F)cc3[C@H]3[C@H](CCCCO)[C@@H](CCCCO)C=C(C(=NOCC)C[C@@H]1N(Cc1cccc4ccccc14)C(=O)OCCCCCCCCCCCC)[C@H]32. The number of nitrogens with zero attached hydrogens (tertiary/aromatic N) is 2. The Morgan fingerprint density at radius 1 is 0.845 bits per heavy atom. The van der Waals surface area contributed by atoms with Gasteiger partial charge in [-0.3, -0.25) is 4.90 Å². The number of oxime groups is 1. The number of fused-ring (bicyclic) bond motifs is 3. The molecule has 384 valence electrons. The van der Waals surface area contributed by atoms with Crippen molar-refractivity contribution in [3.63, 3.8) is 0 Å². The van der Waals surface area contributed by atoms with E-state index in [9.17, 15) is 14.6 Å². The second-order valence-electron chi connectivity index (χ2n) is 19.6. The molecule has 0 bridgehead atoms. The fourth-order valence-corrected chi connectivity index (χ4v) is 11.4. The molecule has 1 saturated carbocycles. The number of amides is 1. The number of unbranched alkanes of at least 4 members (excludes halogenated alkanes) is 11. The van der Waals surface area contributed by atoms with Gasteiger partial charge in [-0.05, 0) is 97.0 Å². The zero-order valence-corrected chi connectivity index (χ0v) is 42.4. The lowest BCUT2D eigenvalue weighted by Gasteiger charge is -2.60. The van der Waals surface area contributed by atoms with Crippen LogP contribution < -0.4 is 9.47 Å². The highest BCUT2D eigenvalue weighted by atomic mass is 19.1. The maximum Gasteiger partial charge on any atom is 0.410 e. The molecule has 2 N–H and O–H groups in total. The Bertz CT molecular complexity index is 2360. The summed E-state index contributed by atoms with van der Waals surface area (Å²) in [6, 6.07) is 26.1. The van der Waals surface area contributed by atoms with Gasteiger partial charge in [-0.1, -0.05) is 156 Å².